The van der Waals surface area contributed by atoms with E-state index in [0.717, 1.165) is 58.8 Å². The quantitative estimate of drug-likeness (QED) is 0.825. The second-order valence-electron chi connectivity index (χ2n) is 6.44. The molecular formula is C16H31N3O2. The number of likely N-dealkylation sites (tertiary alicyclic amines) is 1. The van der Waals surface area contributed by atoms with Gasteiger partial charge in [0.2, 0.25) is 5.91 Å². The number of nitrogens with one attached hydrogen (secondary N) is 1. The van der Waals surface area contributed by atoms with E-state index in [1.54, 1.807) is 0 Å². The number of nitrogens with zero attached hydrogens (tertiary/aromatic N) is 2. The lowest BCUT2D eigenvalue weighted by Crippen LogP contribution is -2.51. The molecule has 0 aliphatic carbocycles. The number of carbonyl (C=O) groups is 1. The highest BCUT2D eigenvalue weighted by Crippen LogP contribution is 2.11. The Morgan fingerprint density at radius 2 is 1.67 bits per heavy atom. The second-order valence-corrected chi connectivity index (χ2v) is 6.44. The molecule has 2 unspecified atom stereocenters. The van der Waals surface area contributed by atoms with Crippen molar-refractivity contribution in [2.24, 2.45) is 0 Å². The Morgan fingerprint density at radius 1 is 1.05 bits per heavy atom. The molecule has 1 N–H and O–H groups in total. The van der Waals surface area contributed by atoms with Gasteiger partial charge < -0.3 is 15.0 Å². The van der Waals surface area contributed by atoms with Gasteiger partial charge in [0.25, 0.3) is 0 Å². The van der Waals surface area contributed by atoms with Crippen LogP contribution in [0.3, 0.4) is 0 Å². The van der Waals surface area contributed by atoms with E-state index in [1.807, 2.05) is 11.8 Å². The molecule has 122 valence electrons. The first-order valence-electron chi connectivity index (χ1n) is 8.52. The van der Waals surface area contributed by atoms with Crippen LogP contribution in [0.15, 0.2) is 0 Å². The van der Waals surface area contributed by atoms with E-state index in [1.165, 1.54) is 12.8 Å². The summed E-state index contributed by atoms with van der Waals surface area (Å²) in [6, 6.07) is 0.244. The molecule has 2 fully saturated rings. The van der Waals surface area contributed by atoms with Gasteiger partial charge in [-0.25, -0.2) is 0 Å². The maximum Gasteiger partial charge on any atom is 0.239 e. The molecule has 0 spiro atoms. The van der Waals surface area contributed by atoms with Crippen molar-refractivity contribution in [1.82, 2.24) is 15.1 Å². The molecule has 21 heavy (non-hydrogen) atoms. The zero-order valence-corrected chi connectivity index (χ0v) is 13.6. The van der Waals surface area contributed by atoms with Crippen LogP contribution < -0.4 is 5.32 Å². The summed E-state index contributed by atoms with van der Waals surface area (Å²) in [5.41, 5.74) is 0. The van der Waals surface area contributed by atoms with Gasteiger partial charge >= 0.3 is 0 Å². The summed E-state index contributed by atoms with van der Waals surface area (Å²) in [4.78, 5) is 17.0. The predicted octanol–water partition coefficient (Wildman–Crippen LogP) is 1.09. The van der Waals surface area contributed by atoms with Crippen LogP contribution in [0.2, 0.25) is 0 Å². The molecule has 0 aromatic rings. The number of hydrogen-bond acceptors (Lipinski definition) is 4. The maximum atomic E-state index is 12.5. The topological polar surface area (TPSA) is 44.8 Å². The van der Waals surface area contributed by atoms with E-state index >= 15 is 0 Å². The van der Waals surface area contributed by atoms with Gasteiger partial charge in [-0.1, -0.05) is 12.8 Å². The minimum absolute atomic E-state index is 0.0841. The Hall–Kier alpha value is -0.650. The summed E-state index contributed by atoms with van der Waals surface area (Å²) in [5.74, 6) is 0.269. The Bertz CT molecular complexity index is 311. The summed E-state index contributed by atoms with van der Waals surface area (Å²) in [6.45, 7) is 10.7. The summed E-state index contributed by atoms with van der Waals surface area (Å²) >= 11 is 0. The number of hydrogen-bond donors (Lipinski definition) is 1. The number of morpholine rings is 1. The Balaban J connectivity index is 1.73. The van der Waals surface area contributed by atoms with E-state index < -0.39 is 0 Å². The van der Waals surface area contributed by atoms with E-state index in [-0.39, 0.29) is 11.9 Å². The van der Waals surface area contributed by atoms with Crippen molar-refractivity contribution in [2.45, 2.75) is 51.6 Å². The number of carbonyl (C=O) groups excluding carboxylic acids is 1. The molecule has 1 amide bonds. The largest absolute Gasteiger partial charge is 0.379 e. The molecule has 2 aliphatic rings. The molecule has 2 heterocycles. The molecule has 0 radical (unpaired) electrons. The Morgan fingerprint density at radius 3 is 2.29 bits per heavy atom. The van der Waals surface area contributed by atoms with Gasteiger partial charge in [-0.3, -0.25) is 9.69 Å². The van der Waals surface area contributed by atoms with Crippen molar-refractivity contribution in [3.05, 3.63) is 0 Å². The molecular weight excluding hydrogens is 266 g/mol. The fraction of sp³-hybridized carbons (Fsp3) is 0.938. The third-order valence-electron chi connectivity index (χ3n) is 4.46. The van der Waals surface area contributed by atoms with Gasteiger partial charge in [-0.05, 0) is 26.7 Å². The van der Waals surface area contributed by atoms with E-state index in [2.05, 4.69) is 17.1 Å². The van der Waals surface area contributed by atoms with Gasteiger partial charge in [-0.15, -0.1) is 0 Å². The average molecular weight is 297 g/mol. The summed E-state index contributed by atoms with van der Waals surface area (Å²) in [7, 11) is 0. The van der Waals surface area contributed by atoms with E-state index in [0.29, 0.717) is 6.04 Å². The highest BCUT2D eigenvalue weighted by atomic mass is 16.5. The highest BCUT2D eigenvalue weighted by Gasteiger charge is 2.23. The molecule has 2 aliphatic heterocycles. The number of rotatable bonds is 5. The first-order chi connectivity index (χ1) is 10.2. The minimum Gasteiger partial charge on any atom is -0.379 e. The Labute approximate surface area is 129 Å². The molecule has 0 aromatic carbocycles. The van der Waals surface area contributed by atoms with Crippen LogP contribution in [-0.2, 0) is 9.53 Å². The fourth-order valence-corrected chi connectivity index (χ4v) is 3.29. The van der Waals surface area contributed by atoms with E-state index in [9.17, 15) is 4.79 Å². The molecule has 5 nitrogen and oxygen atoms in total. The lowest BCUT2D eigenvalue weighted by Gasteiger charge is -2.31. The monoisotopic (exact) mass is 297 g/mol. The predicted molar refractivity (Wildman–Crippen MR) is 84.4 cm³/mol. The molecule has 5 heteroatoms. The normalized spacial score (nSPS) is 24.4. The third-order valence-corrected chi connectivity index (χ3v) is 4.46. The SMILES string of the molecule is CC(CN1CCOCC1)NC(C)C(=O)N1CCCCCC1. The molecule has 0 saturated carbocycles. The van der Waals surface area contributed by atoms with Crippen molar-refractivity contribution < 1.29 is 9.53 Å². The van der Waals surface area contributed by atoms with Gasteiger partial charge in [-0.2, -0.15) is 0 Å². The van der Waals surface area contributed by atoms with Crippen LogP contribution in [0, 0.1) is 0 Å². The lowest BCUT2D eigenvalue weighted by molar-refractivity contribution is -0.133. The van der Waals surface area contributed by atoms with Gasteiger partial charge in [0.05, 0.1) is 19.3 Å². The van der Waals surface area contributed by atoms with Crippen molar-refractivity contribution >= 4 is 5.91 Å². The summed E-state index contributed by atoms with van der Waals surface area (Å²) in [6.07, 6.45) is 4.83. The zero-order chi connectivity index (χ0) is 15.1. The molecule has 2 saturated heterocycles. The molecule has 2 atom stereocenters. The van der Waals surface area contributed by atoms with Crippen LogP contribution >= 0.6 is 0 Å². The summed E-state index contributed by atoms with van der Waals surface area (Å²) < 4.78 is 5.37. The lowest BCUT2D eigenvalue weighted by atomic mass is 10.2. The molecule has 0 aromatic heterocycles. The number of amides is 1. The average Bonchev–Trinajstić information content (AvgIpc) is 2.76. The minimum atomic E-state index is -0.0841. The Kier molecular flexibility index (Phi) is 6.93. The standard InChI is InChI=1S/C16H31N3O2/c1-14(13-18-9-11-21-12-10-18)17-15(2)16(20)19-7-5-3-4-6-8-19/h14-15,17H,3-13H2,1-2H3. The van der Waals surface area contributed by atoms with Crippen molar-refractivity contribution in [2.75, 3.05) is 45.9 Å². The van der Waals surface area contributed by atoms with Crippen LogP contribution in [0.5, 0.6) is 0 Å². The van der Waals surface area contributed by atoms with Crippen molar-refractivity contribution in [3.8, 4) is 0 Å². The highest BCUT2D eigenvalue weighted by molar-refractivity contribution is 5.81. The van der Waals surface area contributed by atoms with Crippen molar-refractivity contribution in [3.63, 3.8) is 0 Å². The number of ether oxygens (including phenoxy) is 1. The summed E-state index contributed by atoms with van der Waals surface area (Å²) in [5, 5.41) is 3.47. The smallest absolute Gasteiger partial charge is 0.239 e. The second kappa shape index (κ2) is 8.71. The third kappa shape index (κ3) is 5.57. The van der Waals surface area contributed by atoms with Crippen LogP contribution in [0.4, 0.5) is 0 Å². The first kappa shape index (κ1) is 16.7. The van der Waals surface area contributed by atoms with E-state index in [4.69, 9.17) is 4.74 Å². The van der Waals surface area contributed by atoms with Crippen LogP contribution in [0.1, 0.15) is 39.5 Å². The van der Waals surface area contributed by atoms with Gasteiger partial charge in [0.1, 0.15) is 0 Å². The van der Waals surface area contributed by atoms with Gasteiger partial charge in [0.15, 0.2) is 0 Å². The van der Waals surface area contributed by atoms with Crippen molar-refractivity contribution in [1.29, 1.82) is 0 Å². The van der Waals surface area contributed by atoms with Crippen LogP contribution in [0.25, 0.3) is 0 Å². The van der Waals surface area contributed by atoms with Gasteiger partial charge in [0, 0.05) is 38.8 Å². The zero-order valence-electron chi connectivity index (χ0n) is 13.6. The molecule has 0 bridgehead atoms. The molecule has 2 rings (SSSR count). The first-order valence-corrected chi connectivity index (χ1v) is 8.52. The van der Waals surface area contributed by atoms with Crippen LogP contribution in [-0.4, -0.2) is 73.7 Å². The maximum absolute atomic E-state index is 12.5. The fourth-order valence-electron chi connectivity index (χ4n) is 3.29.